The zero-order valence-electron chi connectivity index (χ0n) is 7.77. The molecule has 2 aromatic carbocycles. The Morgan fingerprint density at radius 3 is 1.79 bits per heavy atom. The molecule has 0 saturated heterocycles. The van der Waals surface area contributed by atoms with Gasteiger partial charge in [0.25, 0.3) is 0 Å². The van der Waals surface area contributed by atoms with Gasteiger partial charge in [0.2, 0.25) is 0 Å². The molecule has 14 heavy (non-hydrogen) atoms. The molecule has 0 heterocycles. The first kappa shape index (κ1) is 6.83. The van der Waals surface area contributed by atoms with Crippen LogP contribution in [0.1, 0.15) is 23.0 Å². The second-order valence-corrected chi connectivity index (χ2v) is 4.23. The Morgan fingerprint density at radius 1 is 0.714 bits per heavy atom. The van der Waals surface area contributed by atoms with Crippen molar-refractivity contribution >= 4 is 10.8 Å². The summed E-state index contributed by atoms with van der Waals surface area (Å²) in [5, 5.41) is 2.91. The molecule has 2 atom stereocenters. The maximum atomic E-state index is 2.33. The topological polar surface area (TPSA) is 0 Å². The number of fused-ring (bicyclic) bond motifs is 3. The van der Waals surface area contributed by atoms with Gasteiger partial charge >= 0.3 is 0 Å². The molecule has 0 spiro atoms. The zero-order valence-corrected chi connectivity index (χ0v) is 7.77. The van der Waals surface area contributed by atoms with Crippen molar-refractivity contribution in [3.05, 3.63) is 59.7 Å². The van der Waals surface area contributed by atoms with E-state index >= 15 is 0 Å². The van der Waals surface area contributed by atoms with Crippen molar-refractivity contribution in [3.63, 3.8) is 0 Å². The predicted octanol–water partition coefficient (Wildman–Crippen LogP) is 3.59. The Hall–Kier alpha value is -1.56. The number of benzene rings is 2. The van der Waals surface area contributed by atoms with E-state index in [1.807, 2.05) is 0 Å². The van der Waals surface area contributed by atoms with Gasteiger partial charge in [-0.2, -0.15) is 0 Å². The lowest BCUT2D eigenvalue weighted by Gasteiger charge is -2.23. The molecule has 66 valence electrons. The Morgan fingerprint density at radius 2 is 1.29 bits per heavy atom. The normalized spacial score (nSPS) is 26.3. The zero-order chi connectivity index (χ0) is 9.12. The highest BCUT2D eigenvalue weighted by Gasteiger charge is 2.35. The Balaban J connectivity index is 2.26. The van der Waals surface area contributed by atoms with Gasteiger partial charge < -0.3 is 0 Å². The average Bonchev–Trinajstić information content (AvgIpc) is 2.36. The van der Waals surface area contributed by atoms with Gasteiger partial charge in [-0.15, -0.1) is 0 Å². The molecule has 0 heteroatoms. The van der Waals surface area contributed by atoms with Crippen LogP contribution >= 0.6 is 0 Å². The van der Waals surface area contributed by atoms with Crippen molar-refractivity contribution in [1.82, 2.24) is 0 Å². The van der Waals surface area contributed by atoms with Crippen molar-refractivity contribution in [3.8, 4) is 0 Å². The summed E-state index contributed by atoms with van der Waals surface area (Å²) in [6.45, 7) is 0. The van der Waals surface area contributed by atoms with Crippen molar-refractivity contribution in [2.24, 2.45) is 0 Å². The van der Waals surface area contributed by atoms with Crippen LogP contribution in [0.15, 0.2) is 48.6 Å². The van der Waals surface area contributed by atoms with E-state index in [2.05, 4.69) is 48.6 Å². The van der Waals surface area contributed by atoms with E-state index in [4.69, 9.17) is 0 Å². The highest BCUT2D eigenvalue weighted by Crippen LogP contribution is 2.52. The number of allylic oxidation sites excluding steroid dienone is 2. The fourth-order valence-electron chi connectivity index (χ4n) is 2.88. The third-order valence-electron chi connectivity index (χ3n) is 3.60. The second kappa shape index (κ2) is 2.09. The lowest BCUT2D eigenvalue weighted by molar-refractivity contribution is 0.709. The van der Waals surface area contributed by atoms with Gasteiger partial charge in [0.15, 0.2) is 0 Å². The van der Waals surface area contributed by atoms with Crippen LogP contribution in [0, 0.1) is 0 Å². The quantitative estimate of drug-likeness (QED) is 0.541. The molecule has 0 aliphatic heterocycles. The van der Waals surface area contributed by atoms with Crippen LogP contribution in [0.3, 0.4) is 0 Å². The van der Waals surface area contributed by atoms with E-state index in [1.165, 1.54) is 21.9 Å². The molecule has 0 nitrogen and oxygen atoms in total. The molecule has 2 aromatic rings. The number of hydrogen-bond acceptors (Lipinski definition) is 0. The molecule has 0 fully saturated rings. The predicted molar refractivity (Wildman–Crippen MR) is 58.6 cm³/mol. The lowest BCUT2D eigenvalue weighted by atomic mass is 9.80. The summed E-state index contributed by atoms with van der Waals surface area (Å²) < 4.78 is 0. The SMILES string of the molecule is C1=CC2c3cccc4cccc(c34)C12. The first-order chi connectivity index (χ1) is 6.95. The van der Waals surface area contributed by atoms with Gasteiger partial charge in [-0.3, -0.25) is 0 Å². The number of rotatable bonds is 0. The summed E-state index contributed by atoms with van der Waals surface area (Å²) >= 11 is 0. The molecule has 0 N–H and O–H groups in total. The van der Waals surface area contributed by atoms with Gasteiger partial charge in [-0.25, -0.2) is 0 Å². The molecular formula is C14H10. The van der Waals surface area contributed by atoms with E-state index < -0.39 is 0 Å². The van der Waals surface area contributed by atoms with Gasteiger partial charge in [-0.05, 0) is 21.9 Å². The minimum absolute atomic E-state index is 0.677. The minimum atomic E-state index is 0.677. The van der Waals surface area contributed by atoms with Gasteiger partial charge in [0.1, 0.15) is 0 Å². The average molecular weight is 178 g/mol. The fourth-order valence-corrected chi connectivity index (χ4v) is 2.88. The molecule has 0 aromatic heterocycles. The lowest BCUT2D eigenvalue weighted by Crippen LogP contribution is -2.07. The Kier molecular flexibility index (Phi) is 1.02. The smallest absolute Gasteiger partial charge is 0.0128 e. The van der Waals surface area contributed by atoms with E-state index in [0.717, 1.165) is 0 Å². The summed E-state index contributed by atoms with van der Waals surface area (Å²) in [4.78, 5) is 0. The summed E-state index contributed by atoms with van der Waals surface area (Å²) in [6.07, 6.45) is 4.67. The Labute approximate surface area is 82.9 Å². The van der Waals surface area contributed by atoms with Crippen molar-refractivity contribution in [1.29, 1.82) is 0 Å². The summed E-state index contributed by atoms with van der Waals surface area (Å²) in [5.41, 5.74) is 3.07. The van der Waals surface area contributed by atoms with Crippen LogP contribution in [-0.2, 0) is 0 Å². The largest absolute Gasteiger partial charge is 0.0794 e. The maximum Gasteiger partial charge on any atom is 0.0128 e. The van der Waals surface area contributed by atoms with E-state index in [1.54, 1.807) is 0 Å². The molecule has 2 unspecified atom stereocenters. The fraction of sp³-hybridized carbons (Fsp3) is 0.143. The minimum Gasteiger partial charge on any atom is -0.0794 e. The van der Waals surface area contributed by atoms with Crippen LogP contribution in [0.5, 0.6) is 0 Å². The van der Waals surface area contributed by atoms with E-state index in [0.29, 0.717) is 11.8 Å². The van der Waals surface area contributed by atoms with Gasteiger partial charge in [-0.1, -0.05) is 48.6 Å². The highest BCUT2D eigenvalue weighted by molar-refractivity contribution is 5.93. The molecule has 4 rings (SSSR count). The molecular weight excluding hydrogens is 168 g/mol. The first-order valence-corrected chi connectivity index (χ1v) is 5.15. The van der Waals surface area contributed by atoms with Crippen molar-refractivity contribution < 1.29 is 0 Å². The molecule has 0 saturated carbocycles. The van der Waals surface area contributed by atoms with Crippen LogP contribution in [0.4, 0.5) is 0 Å². The molecule has 2 aliphatic rings. The summed E-state index contributed by atoms with van der Waals surface area (Å²) in [7, 11) is 0. The van der Waals surface area contributed by atoms with E-state index in [-0.39, 0.29) is 0 Å². The second-order valence-electron chi connectivity index (χ2n) is 4.23. The third-order valence-corrected chi connectivity index (χ3v) is 3.60. The Bertz CT molecular complexity index is 517. The monoisotopic (exact) mass is 178 g/mol. The third kappa shape index (κ3) is 0.598. The maximum absolute atomic E-state index is 2.33. The van der Waals surface area contributed by atoms with Gasteiger partial charge in [0, 0.05) is 11.8 Å². The van der Waals surface area contributed by atoms with Crippen LogP contribution < -0.4 is 0 Å². The van der Waals surface area contributed by atoms with Crippen LogP contribution in [0.25, 0.3) is 10.8 Å². The highest BCUT2D eigenvalue weighted by atomic mass is 14.4. The molecule has 0 radical (unpaired) electrons. The van der Waals surface area contributed by atoms with Gasteiger partial charge in [0.05, 0.1) is 0 Å². The van der Waals surface area contributed by atoms with E-state index in [9.17, 15) is 0 Å². The summed E-state index contributed by atoms with van der Waals surface area (Å²) in [5.74, 6) is 1.35. The van der Waals surface area contributed by atoms with Crippen LogP contribution in [0.2, 0.25) is 0 Å². The summed E-state index contributed by atoms with van der Waals surface area (Å²) in [6, 6.07) is 13.3. The standard InChI is InChI=1S/C14H10/c1-3-9-4-2-6-13-11-8-7-10(11)12(5-1)14(9)13/h1-8,10-11H. The molecule has 0 amide bonds. The first-order valence-electron chi connectivity index (χ1n) is 5.15. The molecule has 2 aliphatic carbocycles. The van der Waals surface area contributed by atoms with Crippen LogP contribution in [-0.4, -0.2) is 0 Å². The number of hydrogen-bond donors (Lipinski definition) is 0. The van der Waals surface area contributed by atoms with Crippen molar-refractivity contribution in [2.45, 2.75) is 11.8 Å². The molecule has 0 bridgehead atoms. The van der Waals surface area contributed by atoms with Crippen molar-refractivity contribution in [2.75, 3.05) is 0 Å².